The molecule has 5 nitrogen and oxygen atoms in total. The predicted molar refractivity (Wildman–Crippen MR) is 62.6 cm³/mol. The summed E-state index contributed by atoms with van der Waals surface area (Å²) in [5, 5.41) is 18.2. The SMILES string of the molecule is Cc1c(C(=O)O)cc(Br)c2c1O[C@@](C)(CO)O2. The van der Waals surface area contributed by atoms with Gasteiger partial charge in [0.1, 0.15) is 6.61 Å². The van der Waals surface area contributed by atoms with E-state index in [0.717, 1.165) is 0 Å². The lowest BCUT2D eigenvalue weighted by Gasteiger charge is -2.19. The van der Waals surface area contributed by atoms with Crippen LogP contribution in [0.15, 0.2) is 10.5 Å². The Morgan fingerprint density at radius 3 is 2.59 bits per heavy atom. The van der Waals surface area contributed by atoms with Gasteiger partial charge in [0.05, 0.1) is 10.0 Å². The quantitative estimate of drug-likeness (QED) is 0.873. The van der Waals surface area contributed by atoms with Crippen molar-refractivity contribution in [1.82, 2.24) is 0 Å². The molecule has 0 aromatic heterocycles. The number of halogens is 1. The van der Waals surface area contributed by atoms with Gasteiger partial charge in [0.15, 0.2) is 11.5 Å². The van der Waals surface area contributed by atoms with Gasteiger partial charge in [-0.1, -0.05) is 0 Å². The molecule has 0 amide bonds. The zero-order valence-corrected chi connectivity index (χ0v) is 10.9. The van der Waals surface area contributed by atoms with Crippen molar-refractivity contribution in [3.8, 4) is 11.5 Å². The Bertz CT molecular complexity index is 499. The highest BCUT2D eigenvalue weighted by Gasteiger charge is 2.39. The number of aromatic carboxylic acids is 1. The Morgan fingerprint density at radius 2 is 2.06 bits per heavy atom. The van der Waals surface area contributed by atoms with Crippen molar-refractivity contribution in [2.24, 2.45) is 0 Å². The number of hydrogen-bond donors (Lipinski definition) is 2. The molecule has 1 heterocycles. The van der Waals surface area contributed by atoms with Gasteiger partial charge in [0, 0.05) is 12.5 Å². The van der Waals surface area contributed by atoms with Crippen LogP contribution in [0.3, 0.4) is 0 Å². The number of hydrogen-bond acceptors (Lipinski definition) is 4. The van der Waals surface area contributed by atoms with E-state index in [9.17, 15) is 9.90 Å². The van der Waals surface area contributed by atoms with Crippen molar-refractivity contribution >= 4 is 21.9 Å². The van der Waals surface area contributed by atoms with Gasteiger partial charge in [-0.3, -0.25) is 0 Å². The van der Waals surface area contributed by atoms with Crippen LogP contribution in [-0.4, -0.2) is 28.6 Å². The predicted octanol–water partition coefficient (Wildman–Crippen LogP) is 1.94. The molecule has 0 bridgehead atoms. The van der Waals surface area contributed by atoms with Crippen LogP contribution in [0, 0.1) is 6.92 Å². The first kappa shape index (κ1) is 12.2. The van der Waals surface area contributed by atoms with Crippen LogP contribution in [-0.2, 0) is 0 Å². The largest absolute Gasteiger partial charge is 0.478 e. The highest BCUT2D eigenvalue weighted by atomic mass is 79.9. The molecule has 2 N–H and O–H groups in total. The van der Waals surface area contributed by atoms with E-state index in [4.69, 9.17) is 14.6 Å². The molecule has 17 heavy (non-hydrogen) atoms. The summed E-state index contributed by atoms with van der Waals surface area (Å²) in [6, 6.07) is 1.46. The monoisotopic (exact) mass is 302 g/mol. The van der Waals surface area contributed by atoms with Crippen LogP contribution in [0.4, 0.5) is 0 Å². The third-order valence-corrected chi connectivity index (χ3v) is 3.18. The summed E-state index contributed by atoms with van der Waals surface area (Å²) in [7, 11) is 0. The zero-order chi connectivity index (χ0) is 12.8. The minimum atomic E-state index is -1.16. The molecule has 2 rings (SSSR count). The Labute approximate surface area is 106 Å². The Balaban J connectivity index is 2.58. The van der Waals surface area contributed by atoms with Gasteiger partial charge in [-0.15, -0.1) is 0 Å². The van der Waals surface area contributed by atoms with E-state index >= 15 is 0 Å². The van der Waals surface area contributed by atoms with E-state index < -0.39 is 11.8 Å². The first-order chi connectivity index (χ1) is 7.88. The van der Waals surface area contributed by atoms with Gasteiger partial charge < -0.3 is 19.7 Å². The fourth-order valence-corrected chi connectivity index (χ4v) is 2.15. The average Bonchev–Trinajstić information content (AvgIpc) is 2.63. The molecule has 0 saturated heterocycles. The molecule has 1 aliphatic rings. The Hall–Kier alpha value is -1.27. The maximum Gasteiger partial charge on any atom is 0.336 e. The van der Waals surface area contributed by atoms with Crippen molar-refractivity contribution in [3.63, 3.8) is 0 Å². The number of fused-ring (bicyclic) bond motifs is 1. The van der Waals surface area contributed by atoms with E-state index in [-0.39, 0.29) is 12.2 Å². The molecule has 1 atom stereocenters. The standard InChI is InChI=1S/C11H11BrO5/c1-5-6(10(14)15)3-7(12)9-8(5)16-11(2,4-13)17-9/h3,13H,4H2,1-2H3,(H,14,15)/t11-/m1/s1. The third-order valence-electron chi connectivity index (χ3n) is 2.59. The lowest BCUT2D eigenvalue weighted by atomic mass is 10.1. The topological polar surface area (TPSA) is 76.0 Å². The van der Waals surface area contributed by atoms with Gasteiger partial charge in [-0.2, -0.15) is 0 Å². The second-order valence-corrected chi connectivity index (χ2v) is 4.84. The van der Waals surface area contributed by atoms with Crippen LogP contribution in [0.25, 0.3) is 0 Å². The highest BCUT2D eigenvalue weighted by molar-refractivity contribution is 9.10. The fourth-order valence-electron chi connectivity index (χ4n) is 1.66. The molecule has 1 aromatic carbocycles. The number of ether oxygens (including phenoxy) is 2. The van der Waals surface area contributed by atoms with Crippen molar-refractivity contribution in [3.05, 3.63) is 21.7 Å². The molecule has 0 aliphatic carbocycles. The summed E-state index contributed by atoms with van der Waals surface area (Å²) in [4.78, 5) is 11.0. The third kappa shape index (κ3) is 1.87. The number of aliphatic hydroxyl groups is 1. The van der Waals surface area contributed by atoms with Crippen molar-refractivity contribution in [2.75, 3.05) is 6.61 Å². The lowest BCUT2D eigenvalue weighted by molar-refractivity contribution is -0.0991. The van der Waals surface area contributed by atoms with Crippen LogP contribution < -0.4 is 9.47 Å². The van der Waals surface area contributed by atoms with E-state index in [1.165, 1.54) is 6.07 Å². The highest BCUT2D eigenvalue weighted by Crippen LogP contribution is 2.47. The molecule has 92 valence electrons. The van der Waals surface area contributed by atoms with Crippen LogP contribution >= 0.6 is 15.9 Å². The van der Waals surface area contributed by atoms with Crippen molar-refractivity contribution < 1.29 is 24.5 Å². The number of carboxylic acid groups (broad SMARTS) is 1. The minimum absolute atomic E-state index is 0.140. The smallest absolute Gasteiger partial charge is 0.336 e. The number of carbonyl (C=O) groups is 1. The van der Waals surface area contributed by atoms with Crippen LogP contribution in [0.1, 0.15) is 22.8 Å². The molecular formula is C11H11BrO5. The second kappa shape index (κ2) is 3.89. The Kier molecular flexibility index (Phi) is 2.79. The van der Waals surface area contributed by atoms with Gasteiger partial charge in [0.25, 0.3) is 5.79 Å². The molecule has 1 aliphatic heterocycles. The van der Waals surface area contributed by atoms with Crippen molar-refractivity contribution in [1.29, 1.82) is 0 Å². The molecule has 6 heteroatoms. The molecule has 0 saturated carbocycles. The Morgan fingerprint density at radius 1 is 1.47 bits per heavy atom. The first-order valence-corrected chi connectivity index (χ1v) is 5.72. The number of rotatable bonds is 2. The number of benzene rings is 1. The van der Waals surface area contributed by atoms with Gasteiger partial charge in [-0.25, -0.2) is 4.79 Å². The molecule has 0 spiro atoms. The summed E-state index contributed by atoms with van der Waals surface area (Å²) in [5.41, 5.74) is 0.620. The number of carboxylic acids is 1. The molecule has 0 unspecified atom stereocenters. The molecule has 0 fully saturated rings. The normalized spacial score (nSPS) is 21.6. The maximum absolute atomic E-state index is 11.0. The van der Waals surface area contributed by atoms with Crippen LogP contribution in [0.2, 0.25) is 0 Å². The van der Waals surface area contributed by atoms with Crippen LogP contribution in [0.5, 0.6) is 11.5 Å². The van der Waals surface area contributed by atoms with E-state index in [0.29, 0.717) is 21.5 Å². The minimum Gasteiger partial charge on any atom is -0.478 e. The second-order valence-electron chi connectivity index (χ2n) is 3.99. The average molecular weight is 303 g/mol. The summed E-state index contributed by atoms with van der Waals surface area (Å²) >= 11 is 3.23. The molecular weight excluding hydrogens is 292 g/mol. The molecule has 1 aromatic rings. The zero-order valence-electron chi connectivity index (χ0n) is 9.28. The van der Waals surface area contributed by atoms with Gasteiger partial charge in [-0.05, 0) is 28.9 Å². The lowest BCUT2D eigenvalue weighted by Crippen LogP contribution is -2.38. The maximum atomic E-state index is 11.0. The summed E-state index contributed by atoms with van der Waals surface area (Å²) in [6.07, 6.45) is 0. The number of aliphatic hydroxyl groups excluding tert-OH is 1. The van der Waals surface area contributed by atoms with E-state index in [2.05, 4.69) is 15.9 Å². The molecule has 0 radical (unpaired) electrons. The first-order valence-electron chi connectivity index (χ1n) is 4.93. The summed E-state index contributed by atoms with van der Waals surface area (Å²) in [6.45, 7) is 2.90. The fraction of sp³-hybridized carbons (Fsp3) is 0.364. The van der Waals surface area contributed by atoms with Crippen molar-refractivity contribution in [2.45, 2.75) is 19.6 Å². The van der Waals surface area contributed by atoms with Gasteiger partial charge >= 0.3 is 5.97 Å². The van der Waals surface area contributed by atoms with Gasteiger partial charge in [0.2, 0.25) is 0 Å². The van der Waals surface area contributed by atoms with E-state index in [1.54, 1.807) is 13.8 Å². The summed E-state index contributed by atoms with van der Waals surface area (Å²) in [5.74, 6) is -1.42. The summed E-state index contributed by atoms with van der Waals surface area (Å²) < 4.78 is 11.5. The van der Waals surface area contributed by atoms with E-state index in [1.807, 2.05) is 0 Å².